The van der Waals surface area contributed by atoms with Crippen molar-refractivity contribution in [3.05, 3.63) is 83.8 Å². The standard InChI is InChI=1S/C28H32FN3O2/c29-24-19-21(20-26(33)22-7-3-1-4-8-22)11-12-25(24)31-14-16-32(17-15-31)27(28-30-13-18-34-28)23-9-5-2-6-10-23/h2,5-6,9-13,18-19,22,27H,1,3-4,7-8,14-17,20H2. The highest BCUT2D eigenvalue weighted by Crippen LogP contribution is 2.31. The van der Waals surface area contributed by atoms with Crippen LogP contribution in [0.15, 0.2) is 65.4 Å². The minimum absolute atomic E-state index is 0.0589. The van der Waals surface area contributed by atoms with Gasteiger partial charge in [0.1, 0.15) is 23.9 Å². The first-order chi connectivity index (χ1) is 16.7. The normalized spacial score (nSPS) is 18.7. The Balaban J connectivity index is 1.24. The van der Waals surface area contributed by atoms with Crippen LogP contribution in [0.1, 0.15) is 55.2 Å². The van der Waals surface area contributed by atoms with Crippen molar-refractivity contribution in [1.82, 2.24) is 9.88 Å². The third-order valence-electron chi connectivity index (χ3n) is 7.27. The number of hydrogen-bond acceptors (Lipinski definition) is 5. The van der Waals surface area contributed by atoms with Gasteiger partial charge in [-0.05, 0) is 36.1 Å². The van der Waals surface area contributed by atoms with Gasteiger partial charge in [0.15, 0.2) is 0 Å². The van der Waals surface area contributed by atoms with E-state index in [0.717, 1.165) is 49.9 Å². The molecule has 1 aromatic heterocycles. The molecule has 2 aromatic carbocycles. The number of anilines is 1. The summed E-state index contributed by atoms with van der Waals surface area (Å²) < 4.78 is 20.7. The van der Waals surface area contributed by atoms with Crippen LogP contribution in [0.2, 0.25) is 0 Å². The minimum atomic E-state index is -0.241. The quantitative estimate of drug-likeness (QED) is 0.470. The highest BCUT2D eigenvalue weighted by Gasteiger charge is 2.30. The largest absolute Gasteiger partial charge is 0.447 e. The fraction of sp³-hybridized carbons (Fsp3) is 0.429. The van der Waals surface area contributed by atoms with E-state index in [1.165, 1.54) is 6.42 Å². The summed E-state index contributed by atoms with van der Waals surface area (Å²) in [6, 6.07) is 15.5. The van der Waals surface area contributed by atoms with Gasteiger partial charge in [-0.25, -0.2) is 9.37 Å². The summed E-state index contributed by atoms with van der Waals surface area (Å²) in [7, 11) is 0. The van der Waals surface area contributed by atoms with Crippen molar-refractivity contribution in [3.63, 3.8) is 0 Å². The lowest BCUT2D eigenvalue weighted by atomic mass is 9.84. The van der Waals surface area contributed by atoms with Crippen molar-refractivity contribution >= 4 is 11.5 Å². The predicted octanol–water partition coefficient (Wildman–Crippen LogP) is 5.42. The summed E-state index contributed by atoms with van der Waals surface area (Å²) in [5.41, 5.74) is 2.53. The van der Waals surface area contributed by atoms with Gasteiger partial charge in [0.2, 0.25) is 5.89 Å². The van der Waals surface area contributed by atoms with E-state index in [-0.39, 0.29) is 23.6 Å². The number of piperazine rings is 1. The number of ketones is 1. The van der Waals surface area contributed by atoms with Crippen LogP contribution in [0.4, 0.5) is 10.1 Å². The third kappa shape index (κ3) is 5.07. The Morgan fingerprint density at radius 1 is 1.03 bits per heavy atom. The predicted molar refractivity (Wildman–Crippen MR) is 130 cm³/mol. The van der Waals surface area contributed by atoms with Crippen molar-refractivity contribution in [2.75, 3.05) is 31.1 Å². The van der Waals surface area contributed by atoms with E-state index in [9.17, 15) is 4.79 Å². The molecule has 0 radical (unpaired) electrons. The van der Waals surface area contributed by atoms with E-state index in [2.05, 4.69) is 26.9 Å². The fourth-order valence-corrected chi connectivity index (χ4v) is 5.42. The van der Waals surface area contributed by atoms with Crippen LogP contribution in [0.25, 0.3) is 0 Å². The maximum absolute atomic E-state index is 15.1. The van der Waals surface area contributed by atoms with Crippen molar-refractivity contribution in [1.29, 1.82) is 0 Å². The highest BCUT2D eigenvalue weighted by atomic mass is 19.1. The Labute approximate surface area is 200 Å². The molecule has 5 nitrogen and oxygen atoms in total. The number of nitrogens with zero attached hydrogens (tertiary/aromatic N) is 3. The van der Waals surface area contributed by atoms with E-state index in [1.54, 1.807) is 18.5 Å². The Hall–Kier alpha value is -2.99. The lowest BCUT2D eigenvalue weighted by molar-refractivity contribution is -0.123. The summed E-state index contributed by atoms with van der Waals surface area (Å²) >= 11 is 0. The second kappa shape index (κ2) is 10.5. The maximum atomic E-state index is 15.1. The van der Waals surface area contributed by atoms with Crippen molar-refractivity contribution in [2.45, 2.75) is 44.6 Å². The molecular weight excluding hydrogens is 429 g/mol. The molecule has 1 aliphatic carbocycles. The first kappa shape index (κ1) is 22.8. The third-order valence-corrected chi connectivity index (χ3v) is 7.27. The molecular formula is C28H32FN3O2. The van der Waals surface area contributed by atoms with Gasteiger partial charge in [0.05, 0.1) is 11.9 Å². The van der Waals surface area contributed by atoms with Gasteiger partial charge in [-0.2, -0.15) is 0 Å². The maximum Gasteiger partial charge on any atom is 0.215 e. The molecule has 1 atom stereocenters. The van der Waals surface area contributed by atoms with Gasteiger partial charge in [0, 0.05) is 38.5 Å². The monoisotopic (exact) mass is 461 g/mol. The number of aromatic nitrogens is 1. The summed E-state index contributed by atoms with van der Waals surface area (Å²) in [5, 5.41) is 0. The number of oxazole rings is 1. The van der Waals surface area contributed by atoms with Crippen molar-refractivity contribution < 1.29 is 13.6 Å². The second-order valence-corrected chi connectivity index (χ2v) is 9.47. The lowest BCUT2D eigenvalue weighted by Crippen LogP contribution is -2.48. The van der Waals surface area contributed by atoms with Crippen molar-refractivity contribution in [3.8, 4) is 0 Å². The van der Waals surface area contributed by atoms with Gasteiger partial charge in [-0.1, -0.05) is 55.7 Å². The van der Waals surface area contributed by atoms with E-state index < -0.39 is 0 Å². The van der Waals surface area contributed by atoms with E-state index in [4.69, 9.17) is 4.42 Å². The molecule has 2 fully saturated rings. The molecule has 1 unspecified atom stereocenters. The van der Waals surface area contributed by atoms with Gasteiger partial charge in [-0.15, -0.1) is 0 Å². The van der Waals surface area contributed by atoms with Gasteiger partial charge < -0.3 is 9.32 Å². The molecule has 0 spiro atoms. The molecule has 3 aromatic rings. The van der Waals surface area contributed by atoms with Crippen LogP contribution in [0, 0.1) is 11.7 Å². The molecule has 34 heavy (non-hydrogen) atoms. The fourth-order valence-electron chi connectivity index (χ4n) is 5.42. The van der Waals surface area contributed by atoms with Gasteiger partial charge in [0.25, 0.3) is 0 Å². The van der Waals surface area contributed by atoms with Gasteiger partial charge in [-0.3, -0.25) is 9.69 Å². The van der Waals surface area contributed by atoms with E-state index in [1.807, 2.05) is 30.3 Å². The zero-order valence-corrected chi connectivity index (χ0v) is 19.5. The second-order valence-electron chi connectivity index (χ2n) is 9.47. The topological polar surface area (TPSA) is 49.6 Å². The van der Waals surface area contributed by atoms with Crippen LogP contribution < -0.4 is 4.90 Å². The Bertz CT molecular complexity index is 1070. The number of benzene rings is 2. The molecule has 6 heteroatoms. The first-order valence-corrected chi connectivity index (χ1v) is 12.4. The molecule has 5 rings (SSSR count). The summed E-state index contributed by atoms with van der Waals surface area (Å²) in [4.78, 5) is 21.5. The number of rotatable bonds is 7. The van der Waals surface area contributed by atoms with Crippen LogP contribution in [0.3, 0.4) is 0 Å². The number of hydrogen-bond donors (Lipinski definition) is 0. The highest BCUT2D eigenvalue weighted by molar-refractivity contribution is 5.83. The molecule has 1 aliphatic heterocycles. The summed E-state index contributed by atoms with van der Waals surface area (Å²) in [5.74, 6) is 0.859. The average molecular weight is 462 g/mol. The van der Waals surface area contributed by atoms with Gasteiger partial charge >= 0.3 is 0 Å². The minimum Gasteiger partial charge on any atom is -0.447 e. The zero-order chi connectivity index (χ0) is 23.3. The number of halogens is 1. The molecule has 2 heterocycles. The van der Waals surface area contributed by atoms with Crippen LogP contribution in [-0.2, 0) is 11.2 Å². The number of Topliss-reactive ketones (excluding diaryl/α,β-unsaturated/α-hetero) is 1. The molecule has 1 saturated heterocycles. The average Bonchev–Trinajstić information content (AvgIpc) is 3.40. The smallest absolute Gasteiger partial charge is 0.215 e. The molecule has 0 amide bonds. The zero-order valence-electron chi connectivity index (χ0n) is 19.5. The Morgan fingerprint density at radius 3 is 2.47 bits per heavy atom. The van der Waals surface area contributed by atoms with Crippen LogP contribution in [0.5, 0.6) is 0 Å². The summed E-state index contributed by atoms with van der Waals surface area (Å²) in [6.07, 6.45) is 9.10. The molecule has 0 N–H and O–H groups in total. The SMILES string of the molecule is O=C(Cc1ccc(N2CCN(C(c3ccccc3)c3ncco3)CC2)c(F)c1)C1CCCCC1. The molecule has 1 saturated carbocycles. The molecule has 0 bridgehead atoms. The first-order valence-electron chi connectivity index (χ1n) is 12.4. The number of carbonyl (C=O) groups is 1. The molecule has 2 aliphatic rings. The molecule has 178 valence electrons. The summed E-state index contributed by atoms with van der Waals surface area (Å²) in [6.45, 7) is 2.95. The van der Waals surface area contributed by atoms with Crippen molar-refractivity contribution in [2.24, 2.45) is 5.92 Å². The van der Waals surface area contributed by atoms with E-state index >= 15 is 4.39 Å². The lowest BCUT2D eigenvalue weighted by Gasteiger charge is -2.39. The number of carbonyl (C=O) groups excluding carboxylic acids is 1. The van der Waals surface area contributed by atoms with Crippen LogP contribution in [-0.4, -0.2) is 41.8 Å². The van der Waals surface area contributed by atoms with Crippen LogP contribution >= 0.6 is 0 Å². The van der Waals surface area contributed by atoms with E-state index in [0.29, 0.717) is 31.1 Å². The Kier molecular flexibility index (Phi) is 7.05. The Morgan fingerprint density at radius 2 is 1.79 bits per heavy atom.